The van der Waals surface area contributed by atoms with Gasteiger partial charge in [-0.05, 0) is 30.6 Å². The van der Waals surface area contributed by atoms with Gasteiger partial charge in [0.1, 0.15) is 0 Å². The Bertz CT molecular complexity index is 157. The molecular formula is C10H18O. The number of epoxide rings is 1. The standard InChI is InChI=1S/C10H18O/c1-10(2,3)7-4-5-8-9(6-7)11-8/h7-9H,4-6H2,1-3H3/t7-,8+,9+/m1/s1. The molecule has 0 aromatic heterocycles. The quantitative estimate of drug-likeness (QED) is 0.489. The fraction of sp³-hybridized carbons (Fsp3) is 1.00. The summed E-state index contributed by atoms with van der Waals surface area (Å²) in [5, 5.41) is 0. The van der Waals surface area contributed by atoms with Crippen LogP contribution in [0.4, 0.5) is 0 Å². The van der Waals surface area contributed by atoms with Crippen LogP contribution in [-0.4, -0.2) is 12.2 Å². The summed E-state index contributed by atoms with van der Waals surface area (Å²) in [6.45, 7) is 7.04. The second kappa shape index (κ2) is 2.22. The van der Waals surface area contributed by atoms with Crippen LogP contribution in [0.5, 0.6) is 0 Å². The van der Waals surface area contributed by atoms with Gasteiger partial charge in [0, 0.05) is 0 Å². The molecule has 2 aliphatic rings. The number of rotatable bonds is 0. The highest BCUT2D eigenvalue weighted by atomic mass is 16.6. The van der Waals surface area contributed by atoms with E-state index >= 15 is 0 Å². The lowest BCUT2D eigenvalue weighted by Gasteiger charge is -2.32. The fourth-order valence-corrected chi connectivity index (χ4v) is 2.19. The smallest absolute Gasteiger partial charge is 0.0844 e. The summed E-state index contributed by atoms with van der Waals surface area (Å²) < 4.78 is 5.50. The van der Waals surface area contributed by atoms with Crippen molar-refractivity contribution in [3.63, 3.8) is 0 Å². The third-order valence-electron chi connectivity index (χ3n) is 3.23. The summed E-state index contributed by atoms with van der Waals surface area (Å²) in [5.41, 5.74) is 0.497. The lowest BCUT2D eigenvalue weighted by Crippen LogP contribution is -2.25. The molecule has 1 heterocycles. The molecule has 1 saturated carbocycles. The van der Waals surface area contributed by atoms with Crippen molar-refractivity contribution < 1.29 is 4.74 Å². The van der Waals surface area contributed by atoms with Crippen molar-refractivity contribution in [2.24, 2.45) is 11.3 Å². The predicted molar refractivity (Wildman–Crippen MR) is 45.5 cm³/mol. The Hall–Kier alpha value is -0.0400. The average molecular weight is 154 g/mol. The monoisotopic (exact) mass is 154 g/mol. The molecule has 1 aliphatic heterocycles. The molecule has 0 radical (unpaired) electrons. The Balaban J connectivity index is 1.95. The maximum absolute atomic E-state index is 5.50. The van der Waals surface area contributed by atoms with Crippen molar-refractivity contribution >= 4 is 0 Å². The normalized spacial score (nSPS) is 43.4. The second-order valence-electron chi connectivity index (χ2n) is 5.09. The van der Waals surface area contributed by atoms with E-state index in [1.807, 2.05) is 0 Å². The van der Waals surface area contributed by atoms with E-state index in [0.717, 1.165) is 5.92 Å². The molecule has 0 spiro atoms. The second-order valence-corrected chi connectivity index (χ2v) is 5.09. The van der Waals surface area contributed by atoms with Crippen LogP contribution in [0.25, 0.3) is 0 Å². The molecular weight excluding hydrogens is 136 g/mol. The lowest BCUT2D eigenvalue weighted by molar-refractivity contribution is 0.191. The average Bonchev–Trinajstić information content (AvgIpc) is 2.60. The van der Waals surface area contributed by atoms with Gasteiger partial charge in [0.15, 0.2) is 0 Å². The third-order valence-corrected chi connectivity index (χ3v) is 3.23. The molecule has 64 valence electrons. The van der Waals surface area contributed by atoms with Crippen LogP contribution in [0.3, 0.4) is 0 Å². The summed E-state index contributed by atoms with van der Waals surface area (Å²) in [6.07, 6.45) is 5.31. The van der Waals surface area contributed by atoms with Crippen LogP contribution < -0.4 is 0 Å². The first-order chi connectivity index (χ1) is 5.07. The summed E-state index contributed by atoms with van der Waals surface area (Å²) in [6, 6.07) is 0. The molecule has 0 amide bonds. The SMILES string of the molecule is CC(C)(C)[C@@H]1CC[C@@H]2O[C@H]2C1. The van der Waals surface area contributed by atoms with E-state index in [0.29, 0.717) is 17.6 Å². The van der Waals surface area contributed by atoms with Crippen molar-refractivity contribution in [3.05, 3.63) is 0 Å². The van der Waals surface area contributed by atoms with Gasteiger partial charge in [-0.15, -0.1) is 0 Å². The van der Waals surface area contributed by atoms with Gasteiger partial charge in [-0.2, -0.15) is 0 Å². The van der Waals surface area contributed by atoms with E-state index in [2.05, 4.69) is 20.8 Å². The zero-order chi connectivity index (χ0) is 8.06. The summed E-state index contributed by atoms with van der Waals surface area (Å²) in [5.74, 6) is 0.895. The molecule has 0 N–H and O–H groups in total. The molecule has 1 aliphatic carbocycles. The minimum absolute atomic E-state index is 0.497. The maximum atomic E-state index is 5.50. The van der Waals surface area contributed by atoms with Crippen molar-refractivity contribution in [1.82, 2.24) is 0 Å². The Kier molecular flexibility index (Phi) is 1.54. The zero-order valence-electron chi connectivity index (χ0n) is 7.76. The van der Waals surface area contributed by atoms with E-state index in [-0.39, 0.29) is 0 Å². The highest BCUT2D eigenvalue weighted by Crippen LogP contribution is 2.45. The first kappa shape index (κ1) is 7.60. The van der Waals surface area contributed by atoms with Crippen LogP contribution in [0.1, 0.15) is 40.0 Å². The van der Waals surface area contributed by atoms with Gasteiger partial charge in [0.25, 0.3) is 0 Å². The van der Waals surface area contributed by atoms with Gasteiger partial charge in [0.05, 0.1) is 12.2 Å². The number of hydrogen-bond acceptors (Lipinski definition) is 1. The van der Waals surface area contributed by atoms with Crippen molar-refractivity contribution in [3.8, 4) is 0 Å². The Labute approximate surface area is 69.1 Å². The first-order valence-electron chi connectivity index (χ1n) is 4.73. The summed E-state index contributed by atoms with van der Waals surface area (Å²) in [7, 11) is 0. The van der Waals surface area contributed by atoms with Crippen LogP contribution in [0.2, 0.25) is 0 Å². The molecule has 11 heavy (non-hydrogen) atoms. The largest absolute Gasteiger partial charge is 0.370 e. The van der Waals surface area contributed by atoms with E-state index in [9.17, 15) is 0 Å². The molecule has 2 rings (SSSR count). The predicted octanol–water partition coefficient (Wildman–Crippen LogP) is 2.60. The Morgan fingerprint density at radius 3 is 2.36 bits per heavy atom. The van der Waals surface area contributed by atoms with Crippen LogP contribution in [-0.2, 0) is 4.74 Å². The van der Waals surface area contributed by atoms with Gasteiger partial charge >= 0.3 is 0 Å². The molecule has 0 unspecified atom stereocenters. The molecule has 1 heteroatoms. The molecule has 2 fully saturated rings. The van der Waals surface area contributed by atoms with Gasteiger partial charge in [-0.3, -0.25) is 0 Å². The first-order valence-corrected chi connectivity index (χ1v) is 4.73. The number of fused-ring (bicyclic) bond motifs is 1. The minimum Gasteiger partial charge on any atom is -0.370 e. The maximum Gasteiger partial charge on any atom is 0.0844 e. The van der Waals surface area contributed by atoms with Gasteiger partial charge in [0.2, 0.25) is 0 Å². The minimum atomic E-state index is 0.497. The third kappa shape index (κ3) is 1.44. The molecule has 0 aromatic rings. The van der Waals surface area contributed by atoms with Crippen molar-refractivity contribution in [2.45, 2.75) is 52.2 Å². The van der Waals surface area contributed by atoms with Gasteiger partial charge < -0.3 is 4.74 Å². The van der Waals surface area contributed by atoms with Gasteiger partial charge in [-0.25, -0.2) is 0 Å². The van der Waals surface area contributed by atoms with E-state index in [1.54, 1.807) is 0 Å². The topological polar surface area (TPSA) is 12.5 Å². The molecule has 0 bridgehead atoms. The number of hydrogen-bond donors (Lipinski definition) is 0. The van der Waals surface area contributed by atoms with E-state index in [4.69, 9.17) is 4.74 Å². The fourth-order valence-electron chi connectivity index (χ4n) is 2.19. The summed E-state index contributed by atoms with van der Waals surface area (Å²) in [4.78, 5) is 0. The molecule has 1 nitrogen and oxygen atoms in total. The van der Waals surface area contributed by atoms with E-state index < -0.39 is 0 Å². The van der Waals surface area contributed by atoms with Crippen LogP contribution in [0, 0.1) is 11.3 Å². The van der Waals surface area contributed by atoms with Crippen molar-refractivity contribution in [1.29, 1.82) is 0 Å². The zero-order valence-corrected chi connectivity index (χ0v) is 7.76. The molecule has 1 saturated heterocycles. The Morgan fingerprint density at radius 1 is 1.09 bits per heavy atom. The molecule has 3 atom stereocenters. The van der Waals surface area contributed by atoms with Crippen LogP contribution >= 0.6 is 0 Å². The number of ether oxygens (including phenoxy) is 1. The van der Waals surface area contributed by atoms with Crippen molar-refractivity contribution in [2.75, 3.05) is 0 Å². The van der Waals surface area contributed by atoms with Crippen LogP contribution in [0.15, 0.2) is 0 Å². The molecule has 0 aromatic carbocycles. The highest BCUT2D eigenvalue weighted by Gasteiger charge is 2.46. The Morgan fingerprint density at radius 2 is 1.82 bits per heavy atom. The summed E-state index contributed by atoms with van der Waals surface area (Å²) >= 11 is 0. The van der Waals surface area contributed by atoms with E-state index in [1.165, 1.54) is 19.3 Å². The lowest BCUT2D eigenvalue weighted by atomic mass is 9.72. The van der Waals surface area contributed by atoms with Gasteiger partial charge in [-0.1, -0.05) is 20.8 Å². The highest BCUT2D eigenvalue weighted by molar-refractivity contribution is 4.94.